The molecule has 0 spiro atoms. The van der Waals surface area contributed by atoms with Gasteiger partial charge in [0, 0.05) is 18.5 Å². The van der Waals surface area contributed by atoms with Crippen LogP contribution in [0.3, 0.4) is 0 Å². The molecule has 0 radical (unpaired) electrons. The van der Waals surface area contributed by atoms with Gasteiger partial charge in [0.05, 0.1) is 11.7 Å². The van der Waals surface area contributed by atoms with Gasteiger partial charge in [0.2, 0.25) is 5.16 Å². The van der Waals surface area contributed by atoms with E-state index in [0.717, 1.165) is 22.2 Å². The van der Waals surface area contributed by atoms with E-state index < -0.39 is 0 Å². The van der Waals surface area contributed by atoms with Gasteiger partial charge in [-0.2, -0.15) is 0 Å². The molecule has 0 aliphatic heterocycles. The molecule has 0 aromatic carbocycles. The Morgan fingerprint density at radius 3 is 3.11 bits per heavy atom. The molecule has 2 heterocycles. The fourth-order valence-corrected chi connectivity index (χ4v) is 2.72. The predicted octanol–water partition coefficient (Wildman–Crippen LogP) is 1.15. The van der Waals surface area contributed by atoms with Gasteiger partial charge in [0.25, 0.3) is 0 Å². The SMILES string of the molecule is NCc1ncccc1CSc1nnnn1C1CC1. The highest BCUT2D eigenvalue weighted by Gasteiger charge is 2.27. The topological polar surface area (TPSA) is 82.5 Å². The standard InChI is InChI=1S/C11H14N6S/c12-6-10-8(2-1-5-13-10)7-18-11-14-15-16-17(11)9-3-4-9/h1-2,5,9H,3-4,6-7,12H2. The summed E-state index contributed by atoms with van der Waals surface area (Å²) in [7, 11) is 0. The van der Waals surface area contributed by atoms with Crippen LogP contribution in [-0.2, 0) is 12.3 Å². The number of hydrogen-bond donors (Lipinski definition) is 1. The summed E-state index contributed by atoms with van der Waals surface area (Å²) in [5.41, 5.74) is 7.76. The van der Waals surface area contributed by atoms with Crippen molar-refractivity contribution in [2.45, 2.75) is 36.3 Å². The molecule has 18 heavy (non-hydrogen) atoms. The van der Waals surface area contributed by atoms with E-state index in [9.17, 15) is 0 Å². The zero-order chi connectivity index (χ0) is 12.4. The number of nitrogens with zero attached hydrogens (tertiary/aromatic N) is 5. The number of tetrazole rings is 1. The fourth-order valence-electron chi connectivity index (χ4n) is 1.76. The quantitative estimate of drug-likeness (QED) is 0.814. The minimum atomic E-state index is 0.463. The highest BCUT2D eigenvalue weighted by atomic mass is 32.2. The third kappa shape index (κ3) is 2.37. The zero-order valence-corrected chi connectivity index (χ0v) is 10.7. The highest BCUT2D eigenvalue weighted by molar-refractivity contribution is 7.98. The Kier molecular flexibility index (Phi) is 3.24. The first-order valence-electron chi connectivity index (χ1n) is 5.92. The number of pyridine rings is 1. The average Bonchev–Trinajstić information content (AvgIpc) is 3.16. The maximum atomic E-state index is 5.67. The van der Waals surface area contributed by atoms with Crippen LogP contribution in [-0.4, -0.2) is 25.2 Å². The first-order chi connectivity index (χ1) is 8.88. The normalized spacial score (nSPS) is 14.9. The van der Waals surface area contributed by atoms with Gasteiger partial charge in [-0.25, -0.2) is 4.68 Å². The molecule has 0 amide bonds. The van der Waals surface area contributed by atoms with Crippen molar-refractivity contribution >= 4 is 11.8 Å². The van der Waals surface area contributed by atoms with E-state index >= 15 is 0 Å². The second kappa shape index (κ2) is 5.03. The van der Waals surface area contributed by atoms with Crippen LogP contribution >= 0.6 is 11.8 Å². The molecular formula is C11H14N6S. The summed E-state index contributed by atoms with van der Waals surface area (Å²) in [4.78, 5) is 4.27. The largest absolute Gasteiger partial charge is 0.325 e. The second-order valence-corrected chi connectivity index (χ2v) is 5.18. The fraction of sp³-hybridized carbons (Fsp3) is 0.455. The van der Waals surface area contributed by atoms with Crippen molar-refractivity contribution < 1.29 is 0 Å². The lowest BCUT2D eigenvalue weighted by Gasteiger charge is -2.06. The van der Waals surface area contributed by atoms with Crippen LogP contribution in [0, 0.1) is 0 Å². The van der Waals surface area contributed by atoms with Crippen molar-refractivity contribution in [1.29, 1.82) is 0 Å². The molecule has 0 saturated heterocycles. The molecule has 3 rings (SSSR count). The summed E-state index contributed by atoms with van der Waals surface area (Å²) in [5, 5.41) is 12.7. The zero-order valence-electron chi connectivity index (χ0n) is 9.86. The lowest BCUT2D eigenvalue weighted by molar-refractivity contribution is 0.565. The molecule has 1 aliphatic rings. The van der Waals surface area contributed by atoms with E-state index in [2.05, 4.69) is 20.5 Å². The molecule has 1 fully saturated rings. The number of nitrogens with two attached hydrogens (primary N) is 1. The highest BCUT2D eigenvalue weighted by Crippen LogP contribution is 2.36. The maximum Gasteiger partial charge on any atom is 0.209 e. The van der Waals surface area contributed by atoms with Gasteiger partial charge < -0.3 is 5.73 Å². The van der Waals surface area contributed by atoms with Crippen molar-refractivity contribution in [2.75, 3.05) is 0 Å². The first-order valence-corrected chi connectivity index (χ1v) is 6.90. The van der Waals surface area contributed by atoms with Crippen LogP contribution in [0.2, 0.25) is 0 Å². The van der Waals surface area contributed by atoms with Crippen LogP contribution < -0.4 is 5.73 Å². The van der Waals surface area contributed by atoms with Crippen molar-refractivity contribution in [1.82, 2.24) is 25.2 Å². The van der Waals surface area contributed by atoms with E-state index in [1.165, 1.54) is 12.8 Å². The van der Waals surface area contributed by atoms with E-state index in [0.29, 0.717) is 12.6 Å². The lowest BCUT2D eigenvalue weighted by Crippen LogP contribution is -2.04. The Morgan fingerprint density at radius 2 is 2.33 bits per heavy atom. The molecule has 1 saturated carbocycles. The molecule has 2 aromatic heterocycles. The first kappa shape index (κ1) is 11.6. The predicted molar refractivity (Wildman–Crippen MR) is 67.8 cm³/mol. The van der Waals surface area contributed by atoms with Crippen LogP contribution in [0.4, 0.5) is 0 Å². The molecule has 7 heteroatoms. The van der Waals surface area contributed by atoms with Gasteiger partial charge in [0.1, 0.15) is 0 Å². The van der Waals surface area contributed by atoms with Crippen molar-refractivity contribution in [3.63, 3.8) is 0 Å². The summed E-state index contributed by atoms with van der Waals surface area (Å²) >= 11 is 1.64. The molecule has 0 unspecified atom stereocenters. The summed E-state index contributed by atoms with van der Waals surface area (Å²) in [6, 6.07) is 4.48. The van der Waals surface area contributed by atoms with Crippen molar-refractivity contribution in [2.24, 2.45) is 5.73 Å². The van der Waals surface area contributed by atoms with Gasteiger partial charge >= 0.3 is 0 Å². The number of thioether (sulfide) groups is 1. The van der Waals surface area contributed by atoms with E-state index in [1.807, 2.05) is 16.8 Å². The van der Waals surface area contributed by atoms with Gasteiger partial charge in [0.15, 0.2) is 0 Å². The number of rotatable bonds is 5. The third-order valence-corrected chi connectivity index (χ3v) is 3.87. The van der Waals surface area contributed by atoms with Crippen LogP contribution in [0.15, 0.2) is 23.5 Å². The van der Waals surface area contributed by atoms with Crippen molar-refractivity contribution in [3.8, 4) is 0 Å². The average molecular weight is 262 g/mol. The van der Waals surface area contributed by atoms with Gasteiger partial charge in [-0.15, -0.1) is 5.10 Å². The summed E-state index contributed by atoms with van der Waals surface area (Å²) < 4.78 is 1.92. The molecule has 2 N–H and O–H groups in total. The van der Waals surface area contributed by atoms with Gasteiger partial charge in [-0.1, -0.05) is 17.8 Å². The molecular weight excluding hydrogens is 248 g/mol. The van der Waals surface area contributed by atoms with Crippen LogP contribution in [0.25, 0.3) is 0 Å². The number of aromatic nitrogens is 5. The van der Waals surface area contributed by atoms with Crippen LogP contribution in [0.1, 0.15) is 30.1 Å². The minimum Gasteiger partial charge on any atom is -0.325 e. The monoisotopic (exact) mass is 262 g/mol. The Morgan fingerprint density at radius 1 is 1.44 bits per heavy atom. The summed E-state index contributed by atoms with van der Waals surface area (Å²) in [6.45, 7) is 0.463. The molecule has 94 valence electrons. The Hall–Kier alpha value is -1.47. The Bertz CT molecular complexity index is 536. The lowest BCUT2D eigenvalue weighted by atomic mass is 10.2. The molecule has 2 aromatic rings. The van der Waals surface area contributed by atoms with Crippen LogP contribution in [0.5, 0.6) is 0 Å². The minimum absolute atomic E-state index is 0.463. The van der Waals surface area contributed by atoms with Gasteiger partial charge in [-0.05, 0) is 34.9 Å². The smallest absolute Gasteiger partial charge is 0.209 e. The van der Waals surface area contributed by atoms with Crippen molar-refractivity contribution in [3.05, 3.63) is 29.6 Å². The molecule has 1 aliphatic carbocycles. The molecule has 0 bridgehead atoms. The van der Waals surface area contributed by atoms with Gasteiger partial charge in [-0.3, -0.25) is 4.98 Å². The number of hydrogen-bond acceptors (Lipinski definition) is 6. The Balaban J connectivity index is 1.71. The summed E-state index contributed by atoms with van der Waals surface area (Å²) in [5.74, 6) is 0.799. The summed E-state index contributed by atoms with van der Waals surface area (Å²) in [6.07, 6.45) is 4.13. The second-order valence-electron chi connectivity index (χ2n) is 4.24. The third-order valence-electron chi connectivity index (χ3n) is 2.89. The molecule has 6 nitrogen and oxygen atoms in total. The van der Waals surface area contributed by atoms with E-state index in [4.69, 9.17) is 5.73 Å². The van der Waals surface area contributed by atoms with E-state index in [-0.39, 0.29) is 0 Å². The maximum absolute atomic E-state index is 5.67. The molecule has 0 atom stereocenters. The Labute approximate surface area is 109 Å². The van der Waals surface area contributed by atoms with E-state index in [1.54, 1.807) is 18.0 Å².